The summed E-state index contributed by atoms with van der Waals surface area (Å²) in [6.45, 7) is 2.50. The Kier molecular flexibility index (Phi) is 4.95. The van der Waals surface area contributed by atoms with Crippen molar-refractivity contribution >= 4 is 27.3 Å². The summed E-state index contributed by atoms with van der Waals surface area (Å²) in [4.78, 5) is 2.31. The molecule has 0 unspecified atom stereocenters. The molecule has 0 aliphatic rings. The number of nitrogens with two attached hydrogens (primary N) is 1. The van der Waals surface area contributed by atoms with Crippen LogP contribution in [0.1, 0.15) is 16.7 Å². The molecule has 2 aromatic rings. The van der Waals surface area contributed by atoms with Crippen molar-refractivity contribution in [3.8, 4) is 0 Å². The molecule has 1 aromatic carbocycles. The van der Waals surface area contributed by atoms with Gasteiger partial charge in [-0.15, -0.1) is 0 Å². The molecule has 0 atom stereocenters. The van der Waals surface area contributed by atoms with E-state index in [0.29, 0.717) is 6.54 Å². The van der Waals surface area contributed by atoms with Crippen molar-refractivity contribution in [1.82, 2.24) is 4.90 Å². The topological polar surface area (TPSA) is 29.3 Å². The molecule has 1 heterocycles. The van der Waals surface area contributed by atoms with E-state index >= 15 is 0 Å². The van der Waals surface area contributed by atoms with Crippen molar-refractivity contribution in [1.29, 1.82) is 0 Å². The fourth-order valence-corrected chi connectivity index (χ4v) is 3.10. The summed E-state index contributed by atoms with van der Waals surface area (Å²) < 4.78 is 1.14. The third-order valence-corrected chi connectivity index (χ3v) is 4.30. The number of halogens is 1. The van der Waals surface area contributed by atoms with Gasteiger partial charge in [0.15, 0.2) is 0 Å². The van der Waals surface area contributed by atoms with Gasteiger partial charge in [0.05, 0.1) is 0 Å². The highest BCUT2D eigenvalue weighted by atomic mass is 79.9. The highest BCUT2D eigenvalue weighted by Gasteiger charge is 2.06. The van der Waals surface area contributed by atoms with Crippen LogP contribution in [0.5, 0.6) is 0 Å². The lowest BCUT2D eigenvalue weighted by Crippen LogP contribution is -2.17. The minimum Gasteiger partial charge on any atom is -0.326 e. The van der Waals surface area contributed by atoms with Gasteiger partial charge in [-0.1, -0.05) is 28.1 Å². The molecule has 2 nitrogen and oxygen atoms in total. The molecule has 1 aromatic heterocycles. The smallest absolute Gasteiger partial charge is 0.0245 e. The number of hydrogen-bond acceptors (Lipinski definition) is 3. The van der Waals surface area contributed by atoms with Gasteiger partial charge < -0.3 is 5.73 Å². The quantitative estimate of drug-likeness (QED) is 0.910. The van der Waals surface area contributed by atoms with Crippen LogP contribution in [0.15, 0.2) is 39.5 Å². The van der Waals surface area contributed by atoms with E-state index in [1.54, 1.807) is 11.3 Å². The molecule has 96 valence electrons. The van der Waals surface area contributed by atoms with Crippen LogP contribution >= 0.6 is 27.3 Å². The summed E-state index contributed by atoms with van der Waals surface area (Å²) in [5.74, 6) is 0. The maximum atomic E-state index is 5.63. The first-order valence-corrected chi connectivity index (χ1v) is 7.59. The van der Waals surface area contributed by atoms with Gasteiger partial charge in [-0.3, -0.25) is 4.90 Å². The van der Waals surface area contributed by atoms with E-state index in [1.807, 2.05) is 0 Å². The van der Waals surface area contributed by atoms with E-state index in [4.69, 9.17) is 5.73 Å². The van der Waals surface area contributed by atoms with Crippen molar-refractivity contribution in [2.75, 3.05) is 7.05 Å². The third kappa shape index (κ3) is 3.65. The minimum absolute atomic E-state index is 0.587. The Labute approximate surface area is 121 Å². The summed E-state index contributed by atoms with van der Waals surface area (Å²) in [5.41, 5.74) is 9.46. The van der Waals surface area contributed by atoms with Crippen LogP contribution in [-0.4, -0.2) is 11.9 Å². The molecule has 0 amide bonds. The number of thiophene rings is 1. The average Bonchev–Trinajstić information content (AvgIpc) is 2.84. The minimum atomic E-state index is 0.587. The summed E-state index contributed by atoms with van der Waals surface area (Å²) in [7, 11) is 2.14. The average molecular weight is 325 g/mol. The fraction of sp³-hybridized carbons (Fsp3) is 0.286. The van der Waals surface area contributed by atoms with Crippen molar-refractivity contribution in [2.24, 2.45) is 5.73 Å². The third-order valence-electron chi connectivity index (χ3n) is 2.83. The van der Waals surface area contributed by atoms with Crippen LogP contribution in [0.3, 0.4) is 0 Å². The van der Waals surface area contributed by atoms with Gasteiger partial charge in [0.1, 0.15) is 0 Å². The first-order valence-electron chi connectivity index (χ1n) is 5.86. The SMILES string of the molecule is CN(Cc1ccsc1)Cc1ccc(CN)cc1Br. The van der Waals surface area contributed by atoms with Crippen LogP contribution < -0.4 is 5.73 Å². The fourth-order valence-electron chi connectivity index (χ4n) is 1.89. The van der Waals surface area contributed by atoms with Crippen LogP contribution in [0, 0.1) is 0 Å². The van der Waals surface area contributed by atoms with Gasteiger partial charge in [-0.2, -0.15) is 11.3 Å². The maximum Gasteiger partial charge on any atom is 0.0245 e. The summed E-state index contributed by atoms with van der Waals surface area (Å²) in [6.07, 6.45) is 0. The molecule has 0 fully saturated rings. The van der Waals surface area contributed by atoms with Crippen LogP contribution in [0.25, 0.3) is 0 Å². The molecule has 0 saturated heterocycles. The number of nitrogens with zero attached hydrogens (tertiary/aromatic N) is 1. The number of benzene rings is 1. The first kappa shape index (κ1) is 13.7. The Hall–Kier alpha value is -0.680. The highest BCUT2D eigenvalue weighted by Crippen LogP contribution is 2.20. The number of rotatable bonds is 5. The van der Waals surface area contributed by atoms with Crippen LogP contribution in [0.2, 0.25) is 0 Å². The van der Waals surface area contributed by atoms with E-state index < -0.39 is 0 Å². The van der Waals surface area contributed by atoms with E-state index in [9.17, 15) is 0 Å². The van der Waals surface area contributed by atoms with Crippen molar-refractivity contribution < 1.29 is 0 Å². The Morgan fingerprint density at radius 3 is 2.67 bits per heavy atom. The zero-order chi connectivity index (χ0) is 13.0. The van der Waals surface area contributed by atoms with Gasteiger partial charge in [0, 0.05) is 24.1 Å². The molecule has 0 saturated carbocycles. The van der Waals surface area contributed by atoms with Gasteiger partial charge >= 0.3 is 0 Å². The standard InChI is InChI=1S/C14H17BrN2S/c1-17(8-12-4-5-18-10-12)9-13-3-2-11(7-16)6-14(13)15/h2-6,10H,7-9,16H2,1H3. The predicted octanol–water partition coefficient (Wildman–Crippen LogP) is 3.60. The number of hydrogen-bond donors (Lipinski definition) is 1. The molecule has 2 rings (SSSR count). The lowest BCUT2D eigenvalue weighted by molar-refractivity contribution is 0.319. The van der Waals surface area contributed by atoms with Crippen molar-refractivity contribution in [3.05, 3.63) is 56.2 Å². The van der Waals surface area contributed by atoms with Crippen molar-refractivity contribution in [2.45, 2.75) is 19.6 Å². The van der Waals surface area contributed by atoms with Crippen LogP contribution in [0.4, 0.5) is 0 Å². The molecule has 4 heteroatoms. The van der Waals surface area contributed by atoms with E-state index in [-0.39, 0.29) is 0 Å². The van der Waals surface area contributed by atoms with Crippen molar-refractivity contribution in [3.63, 3.8) is 0 Å². The van der Waals surface area contributed by atoms with Gasteiger partial charge in [0.2, 0.25) is 0 Å². The van der Waals surface area contributed by atoms with Gasteiger partial charge in [-0.25, -0.2) is 0 Å². The zero-order valence-electron chi connectivity index (χ0n) is 10.4. The second-order valence-corrected chi connectivity index (χ2v) is 6.07. The molecule has 0 aliphatic carbocycles. The summed E-state index contributed by atoms with van der Waals surface area (Å²) in [5, 5.41) is 4.32. The Morgan fingerprint density at radius 1 is 1.22 bits per heavy atom. The normalized spacial score (nSPS) is 11.1. The molecular weight excluding hydrogens is 308 g/mol. The summed E-state index contributed by atoms with van der Waals surface area (Å²) >= 11 is 5.36. The molecule has 0 bridgehead atoms. The predicted molar refractivity (Wildman–Crippen MR) is 81.5 cm³/mol. The highest BCUT2D eigenvalue weighted by molar-refractivity contribution is 9.10. The first-order chi connectivity index (χ1) is 8.69. The summed E-state index contributed by atoms with van der Waals surface area (Å²) in [6, 6.07) is 8.52. The largest absolute Gasteiger partial charge is 0.326 e. The second-order valence-electron chi connectivity index (χ2n) is 4.43. The Bertz CT molecular complexity index is 497. The maximum absolute atomic E-state index is 5.63. The molecular formula is C14H17BrN2S. The van der Waals surface area contributed by atoms with Gasteiger partial charge in [0.25, 0.3) is 0 Å². The monoisotopic (exact) mass is 324 g/mol. The molecule has 18 heavy (non-hydrogen) atoms. The van der Waals surface area contributed by atoms with E-state index in [1.165, 1.54) is 11.1 Å². The van der Waals surface area contributed by atoms with Crippen LogP contribution in [-0.2, 0) is 19.6 Å². The molecule has 0 radical (unpaired) electrons. The molecule has 0 aliphatic heterocycles. The van der Waals surface area contributed by atoms with E-state index in [2.05, 4.69) is 62.9 Å². The lowest BCUT2D eigenvalue weighted by Gasteiger charge is -2.17. The van der Waals surface area contributed by atoms with Gasteiger partial charge in [-0.05, 0) is 46.6 Å². The zero-order valence-corrected chi connectivity index (χ0v) is 12.8. The lowest BCUT2D eigenvalue weighted by atomic mass is 10.1. The Balaban J connectivity index is 2.00. The second kappa shape index (κ2) is 6.48. The Morgan fingerprint density at radius 2 is 2.06 bits per heavy atom. The van der Waals surface area contributed by atoms with E-state index in [0.717, 1.165) is 23.1 Å². The molecule has 2 N–H and O–H groups in total. The molecule has 0 spiro atoms.